The van der Waals surface area contributed by atoms with Gasteiger partial charge in [-0.05, 0) is 36.8 Å². The quantitative estimate of drug-likeness (QED) is 0.641. The first kappa shape index (κ1) is 19.6. The summed E-state index contributed by atoms with van der Waals surface area (Å²) < 4.78 is 17.0. The van der Waals surface area contributed by atoms with Crippen LogP contribution in [0.3, 0.4) is 0 Å². The van der Waals surface area contributed by atoms with Gasteiger partial charge in [0.05, 0.1) is 37.3 Å². The second kappa shape index (κ2) is 8.39. The number of aromatic nitrogens is 2. The maximum absolute atomic E-state index is 12.8. The van der Waals surface area contributed by atoms with Crippen LogP contribution in [0.1, 0.15) is 27.4 Å². The number of amides is 1. The molecule has 1 saturated heterocycles. The van der Waals surface area contributed by atoms with Crippen LogP contribution in [0.15, 0.2) is 47.1 Å². The van der Waals surface area contributed by atoms with Crippen LogP contribution in [-0.2, 0) is 17.7 Å². The summed E-state index contributed by atoms with van der Waals surface area (Å²) in [6, 6.07) is 11.2. The summed E-state index contributed by atoms with van der Waals surface area (Å²) in [5.41, 5.74) is 2.86. The average molecular weight is 420 g/mol. The van der Waals surface area contributed by atoms with E-state index in [0.29, 0.717) is 56.1 Å². The van der Waals surface area contributed by atoms with Crippen LogP contribution in [0.5, 0.6) is 11.6 Å². The Kier molecular flexibility index (Phi) is 5.30. The number of aryl methyl sites for hydroxylation is 1. The van der Waals surface area contributed by atoms with Crippen LogP contribution < -0.4 is 9.64 Å². The van der Waals surface area contributed by atoms with E-state index < -0.39 is 0 Å². The summed E-state index contributed by atoms with van der Waals surface area (Å²) in [7, 11) is 0. The molecule has 8 nitrogen and oxygen atoms in total. The van der Waals surface area contributed by atoms with Crippen molar-refractivity contribution in [1.29, 1.82) is 0 Å². The normalized spacial score (nSPS) is 16.2. The minimum Gasteiger partial charge on any atom is -0.459 e. The van der Waals surface area contributed by atoms with E-state index in [1.54, 1.807) is 17.0 Å². The zero-order valence-electron chi connectivity index (χ0n) is 17.4. The van der Waals surface area contributed by atoms with Gasteiger partial charge in [-0.2, -0.15) is 4.98 Å². The van der Waals surface area contributed by atoms with Crippen LogP contribution in [0, 0.1) is 6.92 Å². The van der Waals surface area contributed by atoms with Crippen molar-refractivity contribution in [3.05, 3.63) is 65.2 Å². The highest BCUT2D eigenvalue weighted by atomic mass is 16.5. The molecule has 2 aliphatic heterocycles. The molecule has 5 rings (SSSR count). The lowest BCUT2D eigenvalue weighted by atomic mass is 10.1. The fraction of sp³-hybridized carbons (Fsp3) is 0.348. The van der Waals surface area contributed by atoms with Crippen molar-refractivity contribution in [1.82, 2.24) is 14.9 Å². The minimum atomic E-state index is -0.144. The van der Waals surface area contributed by atoms with E-state index in [0.717, 1.165) is 29.9 Å². The van der Waals surface area contributed by atoms with E-state index >= 15 is 0 Å². The zero-order chi connectivity index (χ0) is 21.2. The van der Waals surface area contributed by atoms with Gasteiger partial charge >= 0.3 is 0 Å². The molecule has 1 fully saturated rings. The van der Waals surface area contributed by atoms with Crippen LogP contribution >= 0.6 is 0 Å². The molecular formula is C23H24N4O4. The molecule has 1 aromatic carbocycles. The van der Waals surface area contributed by atoms with Gasteiger partial charge in [-0.25, -0.2) is 4.98 Å². The largest absolute Gasteiger partial charge is 0.459 e. The van der Waals surface area contributed by atoms with Gasteiger partial charge in [-0.3, -0.25) is 4.79 Å². The molecule has 0 unspecified atom stereocenters. The van der Waals surface area contributed by atoms with Gasteiger partial charge < -0.3 is 23.7 Å². The maximum Gasteiger partial charge on any atom is 0.289 e. The molecule has 2 aromatic heterocycles. The van der Waals surface area contributed by atoms with Gasteiger partial charge in [0.1, 0.15) is 5.75 Å². The molecule has 0 radical (unpaired) electrons. The molecule has 0 N–H and O–H groups in total. The number of ether oxygens (including phenoxy) is 2. The predicted molar refractivity (Wildman–Crippen MR) is 113 cm³/mol. The van der Waals surface area contributed by atoms with E-state index in [2.05, 4.69) is 4.90 Å². The highest BCUT2D eigenvalue weighted by Gasteiger charge is 2.29. The third kappa shape index (κ3) is 4.11. The molecule has 160 valence electrons. The summed E-state index contributed by atoms with van der Waals surface area (Å²) in [5.74, 6) is 2.04. The Morgan fingerprint density at radius 3 is 2.74 bits per heavy atom. The number of fused-ring (bicyclic) bond motifs is 1. The Bertz CT molecular complexity index is 1080. The van der Waals surface area contributed by atoms with Crippen molar-refractivity contribution in [2.24, 2.45) is 0 Å². The fourth-order valence-electron chi connectivity index (χ4n) is 3.88. The smallest absolute Gasteiger partial charge is 0.289 e. The molecule has 2 aliphatic rings. The standard InChI is InChI=1S/C23H24N4O4/c1-16-4-2-5-17(14-16)31-21-18-15-27(22(28)20-6-3-11-30-20)8-7-19(18)24-23(25-21)26-9-12-29-13-10-26/h2-6,11,14H,7-10,12-13,15H2,1H3. The number of anilines is 1. The van der Waals surface area contributed by atoms with Gasteiger partial charge in [0.25, 0.3) is 5.91 Å². The van der Waals surface area contributed by atoms with Crippen molar-refractivity contribution in [3.63, 3.8) is 0 Å². The Morgan fingerprint density at radius 2 is 1.97 bits per heavy atom. The van der Waals surface area contributed by atoms with Gasteiger partial charge in [0.15, 0.2) is 5.76 Å². The summed E-state index contributed by atoms with van der Waals surface area (Å²) in [6.45, 7) is 5.75. The highest BCUT2D eigenvalue weighted by Crippen LogP contribution is 2.32. The van der Waals surface area contributed by atoms with Crippen molar-refractivity contribution >= 4 is 11.9 Å². The lowest BCUT2D eigenvalue weighted by Crippen LogP contribution is -2.39. The molecule has 0 atom stereocenters. The number of benzene rings is 1. The summed E-state index contributed by atoms with van der Waals surface area (Å²) in [4.78, 5) is 26.3. The molecule has 3 aromatic rings. The number of carbonyl (C=O) groups is 1. The van der Waals surface area contributed by atoms with Crippen LogP contribution in [-0.4, -0.2) is 53.6 Å². The lowest BCUT2D eigenvalue weighted by Gasteiger charge is -2.31. The molecule has 0 saturated carbocycles. The SMILES string of the molecule is Cc1cccc(Oc2nc(N3CCOCC3)nc3c2CN(C(=O)c2ccco2)CC3)c1. The summed E-state index contributed by atoms with van der Waals surface area (Å²) in [6.07, 6.45) is 2.14. The Balaban J connectivity index is 1.50. The van der Waals surface area contributed by atoms with Crippen molar-refractivity contribution in [3.8, 4) is 11.6 Å². The van der Waals surface area contributed by atoms with E-state index in [-0.39, 0.29) is 5.91 Å². The van der Waals surface area contributed by atoms with E-state index in [1.807, 2.05) is 31.2 Å². The maximum atomic E-state index is 12.8. The molecular weight excluding hydrogens is 396 g/mol. The first-order chi connectivity index (χ1) is 15.2. The average Bonchev–Trinajstić information content (AvgIpc) is 3.34. The van der Waals surface area contributed by atoms with Crippen LogP contribution in [0.2, 0.25) is 0 Å². The first-order valence-electron chi connectivity index (χ1n) is 10.5. The van der Waals surface area contributed by atoms with Gasteiger partial charge in [0, 0.05) is 26.1 Å². The minimum absolute atomic E-state index is 0.144. The van der Waals surface area contributed by atoms with Crippen molar-refractivity contribution in [2.75, 3.05) is 37.7 Å². The molecule has 1 amide bonds. The van der Waals surface area contributed by atoms with E-state index in [1.165, 1.54) is 6.26 Å². The number of hydrogen-bond donors (Lipinski definition) is 0. The predicted octanol–water partition coefficient (Wildman–Crippen LogP) is 3.21. The molecule has 0 spiro atoms. The molecule has 31 heavy (non-hydrogen) atoms. The Hall–Kier alpha value is -3.39. The molecule has 0 bridgehead atoms. The second-order valence-corrected chi connectivity index (χ2v) is 7.73. The van der Waals surface area contributed by atoms with E-state index in [9.17, 15) is 4.79 Å². The van der Waals surface area contributed by atoms with Crippen molar-refractivity contribution in [2.45, 2.75) is 19.9 Å². The van der Waals surface area contributed by atoms with Crippen LogP contribution in [0.4, 0.5) is 5.95 Å². The van der Waals surface area contributed by atoms with Crippen LogP contribution in [0.25, 0.3) is 0 Å². The number of hydrogen-bond acceptors (Lipinski definition) is 7. The number of furan rings is 1. The third-order valence-electron chi connectivity index (χ3n) is 5.53. The molecule has 4 heterocycles. The summed E-state index contributed by atoms with van der Waals surface area (Å²) in [5, 5.41) is 0. The number of rotatable bonds is 4. The highest BCUT2D eigenvalue weighted by molar-refractivity contribution is 5.91. The monoisotopic (exact) mass is 420 g/mol. The number of carbonyl (C=O) groups excluding carboxylic acids is 1. The molecule has 8 heteroatoms. The van der Waals surface area contributed by atoms with Gasteiger partial charge in [0.2, 0.25) is 11.8 Å². The zero-order valence-corrected chi connectivity index (χ0v) is 17.4. The number of morpholine rings is 1. The lowest BCUT2D eigenvalue weighted by molar-refractivity contribution is 0.0699. The fourth-order valence-corrected chi connectivity index (χ4v) is 3.88. The molecule has 0 aliphatic carbocycles. The second-order valence-electron chi connectivity index (χ2n) is 7.73. The topological polar surface area (TPSA) is 80.9 Å². The Morgan fingerprint density at radius 1 is 1.10 bits per heavy atom. The van der Waals surface area contributed by atoms with Gasteiger partial charge in [-0.1, -0.05) is 12.1 Å². The Labute approximate surface area is 180 Å². The van der Waals surface area contributed by atoms with E-state index in [4.69, 9.17) is 23.9 Å². The first-order valence-corrected chi connectivity index (χ1v) is 10.5. The third-order valence-corrected chi connectivity index (χ3v) is 5.53. The van der Waals surface area contributed by atoms with Gasteiger partial charge in [-0.15, -0.1) is 0 Å². The summed E-state index contributed by atoms with van der Waals surface area (Å²) >= 11 is 0. The van der Waals surface area contributed by atoms with Crippen molar-refractivity contribution < 1.29 is 18.7 Å². The number of nitrogens with zero attached hydrogens (tertiary/aromatic N) is 4.